The SMILES string of the molecule is Nc1cccn(-c2cc3n(n2)CCC3)c1=O. The Morgan fingerprint density at radius 2 is 2.31 bits per heavy atom. The van der Waals surface area contributed by atoms with E-state index in [4.69, 9.17) is 5.73 Å². The van der Waals surface area contributed by atoms with Gasteiger partial charge in [-0.15, -0.1) is 0 Å². The van der Waals surface area contributed by atoms with Gasteiger partial charge in [-0.2, -0.15) is 5.10 Å². The molecule has 0 saturated heterocycles. The largest absolute Gasteiger partial charge is 0.394 e. The quantitative estimate of drug-likeness (QED) is 0.757. The number of pyridine rings is 1. The minimum Gasteiger partial charge on any atom is -0.394 e. The maximum atomic E-state index is 11.8. The van der Waals surface area contributed by atoms with Gasteiger partial charge in [0, 0.05) is 24.5 Å². The molecule has 2 aromatic rings. The molecule has 0 fully saturated rings. The highest BCUT2D eigenvalue weighted by molar-refractivity contribution is 5.38. The summed E-state index contributed by atoms with van der Waals surface area (Å²) < 4.78 is 3.44. The van der Waals surface area contributed by atoms with Crippen LogP contribution in [0.3, 0.4) is 0 Å². The van der Waals surface area contributed by atoms with Crippen molar-refractivity contribution in [2.45, 2.75) is 19.4 Å². The van der Waals surface area contributed by atoms with Gasteiger partial charge in [0.15, 0.2) is 5.82 Å². The van der Waals surface area contributed by atoms with Crippen LogP contribution in [0.15, 0.2) is 29.2 Å². The number of fused-ring (bicyclic) bond motifs is 1. The molecule has 1 aliphatic heterocycles. The Labute approximate surface area is 92.1 Å². The molecule has 3 heterocycles. The van der Waals surface area contributed by atoms with E-state index < -0.39 is 0 Å². The maximum Gasteiger partial charge on any atom is 0.279 e. The summed E-state index contributed by atoms with van der Waals surface area (Å²) in [6.07, 6.45) is 3.86. The molecular formula is C11H12N4O. The summed E-state index contributed by atoms with van der Waals surface area (Å²) >= 11 is 0. The van der Waals surface area contributed by atoms with Gasteiger partial charge in [-0.05, 0) is 25.0 Å². The first kappa shape index (κ1) is 9.21. The van der Waals surface area contributed by atoms with Crippen molar-refractivity contribution < 1.29 is 0 Å². The van der Waals surface area contributed by atoms with Gasteiger partial charge in [0.05, 0.1) is 5.69 Å². The summed E-state index contributed by atoms with van der Waals surface area (Å²) in [6, 6.07) is 5.30. The van der Waals surface area contributed by atoms with Gasteiger partial charge >= 0.3 is 0 Å². The molecule has 16 heavy (non-hydrogen) atoms. The summed E-state index contributed by atoms with van der Waals surface area (Å²) in [6.45, 7) is 0.937. The fourth-order valence-electron chi connectivity index (χ4n) is 2.05. The van der Waals surface area contributed by atoms with E-state index in [2.05, 4.69) is 5.10 Å². The Morgan fingerprint density at radius 3 is 3.12 bits per heavy atom. The van der Waals surface area contributed by atoms with Crippen molar-refractivity contribution in [1.29, 1.82) is 0 Å². The van der Waals surface area contributed by atoms with Crippen LogP contribution in [0, 0.1) is 0 Å². The average molecular weight is 216 g/mol. The van der Waals surface area contributed by atoms with E-state index >= 15 is 0 Å². The lowest BCUT2D eigenvalue weighted by molar-refractivity contribution is 0.648. The molecule has 82 valence electrons. The number of hydrogen-bond donors (Lipinski definition) is 1. The van der Waals surface area contributed by atoms with Gasteiger partial charge in [0.25, 0.3) is 5.56 Å². The summed E-state index contributed by atoms with van der Waals surface area (Å²) in [7, 11) is 0. The van der Waals surface area contributed by atoms with Crippen molar-refractivity contribution in [3.8, 4) is 5.82 Å². The maximum absolute atomic E-state index is 11.8. The molecule has 1 aliphatic rings. The molecule has 0 atom stereocenters. The van der Waals surface area contributed by atoms with E-state index in [9.17, 15) is 4.79 Å². The van der Waals surface area contributed by atoms with Gasteiger partial charge in [0.1, 0.15) is 0 Å². The number of nitrogen functional groups attached to an aromatic ring is 1. The van der Waals surface area contributed by atoms with Crippen LogP contribution in [-0.4, -0.2) is 14.3 Å². The molecule has 0 aliphatic carbocycles. The minimum atomic E-state index is -0.209. The van der Waals surface area contributed by atoms with Crippen molar-refractivity contribution in [3.63, 3.8) is 0 Å². The third-order valence-corrected chi connectivity index (χ3v) is 2.88. The first-order valence-corrected chi connectivity index (χ1v) is 5.30. The first-order valence-electron chi connectivity index (χ1n) is 5.30. The molecule has 0 spiro atoms. The predicted octanol–water partition coefficient (Wildman–Crippen LogP) is 0.562. The number of nitrogens with two attached hydrogens (primary N) is 1. The van der Waals surface area contributed by atoms with Gasteiger partial charge in [-0.3, -0.25) is 14.0 Å². The van der Waals surface area contributed by atoms with E-state index in [-0.39, 0.29) is 11.2 Å². The van der Waals surface area contributed by atoms with Crippen molar-refractivity contribution in [3.05, 3.63) is 40.4 Å². The molecule has 5 nitrogen and oxygen atoms in total. The zero-order chi connectivity index (χ0) is 11.1. The number of aromatic nitrogens is 3. The molecular weight excluding hydrogens is 204 g/mol. The number of rotatable bonds is 1. The van der Waals surface area contributed by atoms with Gasteiger partial charge in [-0.1, -0.05) is 0 Å². The molecule has 0 aromatic carbocycles. The molecule has 5 heteroatoms. The fraction of sp³-hybridized carbons (Fsp3) is 0.273. The second kappa shape index (κ2) is 3.23. The molecule has 2 N–H and O–H groups in total. The number of anilines is 1. The number of nitrogens with zero attached hydrogens (tertiary/aromatic N) is 3. The summed E-state index contributed by atoms with van der Waals surface area (Å²) in [5.74, 6) is 0.659. The Balaban J connectivity index is 2.15. The van der Waals surface area contributed by atoms with Crippen LogP contribution in [-0.2, 0) is 13.0 Å². The minimum absolute atomic E-state index is 0.209. The molecule has 0 unspecified atom stereocenters. The van der Waals surface area contributed by atoms with Crippen LogP contribution >= 0.6 is 0 Å². The van der Waals surface area contributed by atoms with Gasteiger partial charge in [0.2, 0.25) is 0 Å². The zero-order valence-corrected chi connectivity index (χ0v) is 8.76. The third-order valence-electron chi connectivity index (χ3n) is 2.88. The highest BCUT2D eigenvalue weighted by Crippen LogP contribution is 2.16. The number of hydrogen-bond acceptors (Lipinski definition) is 3. The standard InChI is InChI=1S/C11H12N4O/c12-9-4-2-5-14(11(9)16)10-7-8-3-1-6-15(8)13-10/h2,4-5,7H,1,3,6,12H2. The first-order chi connectivity index (χ1) is 7.75. The Morgan fingerprint density at radius 1 is 1.44 bits per heavy atom. The van der Waals surface area contributed by atoms with Crippen molar-refractivity contribution in [1.82, 2.24) is 14.3 Å². The monoisotopic (exact) mass is 216 g/mol. The Bertz CT molecular complexity index is 575. The van der Waals surface area contributed by atoms with E-state index in [0.29, 0.717) is 5.82 Å². The van der Waals surface area contributed by atoms with Crippen LogP contribution in [0.5, 0.6) is 0 Å². The molecule has 0 radical (unpaired) electrons. The highest BCUT2D eigenvalue weighted by Gasteiger charge is 2.15. The molecule has 2 aromatic heterocycles. The molecule has 0 amide bonds. The topological polar surface area (TPSA) is 65.8 Å². The van der Waals surface area contributed by atoms with Crippen molar-refractivity contribution in [2.75, 3.05) is 5.73 Å². The van der Waals surface area contributed by atoms with Crippen molar-refractivity contribution in [2.24, 2.45) is 0 Å². The fourth-order valence-corrected chi connectivity index (χ4v) is 2.05. The van der Waals surface area contributed by atoms with E-state index in [1.807, 2.05) is 10.7 Å². The van der Waals surface area contributed by atoms with Crippen molar-refractivity contribution >= 4 is 5.69 Å². The van der Waals surface area contributed by atoms with Gasteiger partial charge in [-0.25, -0.2) is 0 Å². The number of aryl methyl sites for hydroxylation is 2. The zero-order valence-electron chi connectivity index (χ0n) is 8.76. The Kier molecular flexibility index (Phi) is 1.86. The van der Waals surface area contributed by atoms with E-state index in [1.165, 1.54) is 10.3 Å². The summed E-state index contributed by atoms with van der Waals surface area (Å²) in [5.41, 5.74) is 6.80. The Hall–Kier alpha value is -2.04. The summed E-state index contributed by atoms with van der Waals surface area (Å²) in [4.78, 5) is 11.8. The van der Waals surface area contributed by atoms with E-state index in [0.717, 1.165) is 19.4 Å². The van der Waals surface area contributed by atoms with Crippen LogP contribution < -0.4 is 11.3 Å². The highest BCUT2D eigenvalue weighted by atomic mass is 16.1. The lowest BCUT2D eigenvalue weighted by Crippen LogP contribution is -2.20. The third kappa shape index (κ3) is 1.25. The van der Waals surface area contributed by atoms with Crippen LogP contribution in [0.25, 0.3) is 5.82 Å². The van der Waals surface area contributed by atoms with Crippen LogP contribution in [0.4, 0.5) is 5.69 Å². The molecule has 0 saturated carbocycles. The predicted molar refractivity (Wildman–Crippen MR) is 60.6 cm³/mol. The second-order valence-electron chi connectivity index (χ2n) is 3.96. The smallest absolute Gasteiger partial charge is 0.279 e. The van der Waals surface area contributed by atoms with Crippen LogP contribution in [0.2, 0.25) is 0 Å². The molecule has 3 rings (SSSR count). The normalized spacial score (nSPS) is 14.0. The van der Waals surface area contributed by atoms with Crippen LogP contribution in [0.1, 0.15) is 12.1 Å². The summed E-state index contributed by atoms with van der Waals surface area (Å²) in [5, 5.41) is 4.39. The molecule has 0 bridgehead atoms. The average Bonchev–Trinajstić information content (AvgIpc) is 2.81. The lowest BCUT2D eigenvalue weighted by atomic mass is 10.3. The van der Waals surface area contributed by atoms with E-state index in [1.54, 1.807) is 18.3 Å². The lowest BCUT2D eigenvalue weighted by Gasteiger charge is -2.01. The van der Waals surface area contributed by atoms with Gasteiger partial charge < -0.3 is 5.73 Å². The second-order valence-corrected chi connectivity index (χ2v) is 3.96.